The van der Waals surface area contributed by atoms with Gasteiger partial charge in [0.1, 0.15) is 11.5 Å². The summed E-state index contributed by atoms with van der Waals surface area (Å²) in [7, 11) is 0. The summed E-state index contributed by atoms with van der Waals surface area (Å²) < 4.78 is 20.4. The van der Waals surface area contributed by atoms with Crippen molar-refractivity contribution >= 4 is 57.2 Å². The van der Waals surface area contributed by atoms with Gasteiger partial charge in [-0.2, -0.15) is 0 Å². The normalized spacial score (nSPS) is 19.8. The maximum Gasteiger partial charge on any atom is 0.267 e. The minimum absolute atomic E-state index is 0.0686. The predicted octanol–water partition coefficient (Wildman–Crippen LogP) is 6.47. The molecule has 4 rings (SSSR count). The molecular formula is C24H24FIN2O3S. The molecule has 0 aromatic heterocycles. The number of benzene rings is 2. The lowest BCUT2D eigenvalue weighted by Gasteiger charge is -2.30. The number of aliphatic imine (C=N–C) groups is 1. The summed E-state index contributed by atoms with van der Waals surface area (Å²) in [6.07, 6.45) is 6.93. The molecule has 2 aliphatic rings. The van der Waals surface area contributed by atoms with Crippen molar-refractivity contribution in [3.63, 3.8) is 0 Å². The van der Waals surface area contributed by atoms with E-state index in [-0.39, 0.29) is 23.4 Å². The van der Waals surface area contributed by atoms with Gasteiger partial charge in [0, 0.05) is 6.04 Å². The van der Waals surface area contributed by atoms with Crippen LogP contribution < -0.4 is 4.74 Å². The number of para-hydroxylation sites is 1. The third-order valence-electron chi connectivity index (χ3n) is 5.49. The fraction of sp³-hybridized carbons (Fsp3) is 0.333. The monoisotopic (exact) mass is 566 g/mol. The Morgan fingerprint density at radius 2 is 2.03 bits per heavy atom. The van der Waals surface area contributed by atoms with Crippen LogP contribution >= 0.6 is 34.4 Å². The molecule has 0 spiro atoms. The number of aromatic hydroxyl groups is 1. The van der Waals surface area contributed by atoms with E-state index in [1.165, 1.54) is 24.2 Å². The van der Waals surface area contributed by atoms with E-state index in [1.807, 2.05) is 29.5 Å². The molecule has 1 saturated heterocycles. The van der Waals surface area contributed by atoms with Crippen LogP contribution in [0.3, 0.4) is 0 Å². The van der Waals surface area contributed by atoms with Crippen molar-refractivity contribution in [2.45, 2.75) is 45.1 Å². The highest BCUT2D eigenvalue weighted by atomic mass is 127. The third kappa shape index (κ3) is 4.96. The van der Waals surface area contributed by atoms with Gasteiger partial charge in [-0.05, 0) is 90.0 Å². The van der Waals surface area contributed by atoms with Gasteiger partial charge in [0.05, 0.1) is 15.1 Å². The van der Waals surface area contributed by atoms with Crippen molar-refractivity contribution in [2.75, 3.05) is 6.61 Å². The Morgan fingerprint density at radius 1 is 1.28 bits per heavy atom. The van der Waals surface area contributed by atoms with E-state index in [9.17, 15) is 14.3 Å². The van der Waals surface area contributed by atoms with E-state index < -0.39 is 5.82 Å². The van der Waals surface area contributed by atoms with Crippen molar-refractivity contribution in [1.29, 1.82) is 0 Å². The van der Waals surface area contributed by atoms with E-state index in [0.717, 1.165) is 31.2 Å². The highest BCUT2D eigenvalue weighted by Gasteiger charge is 2.38. The molecule has 1 N–H and O–H groups in total. The van der Waals surface area contributed by atoms with Crippen LogP contribution in [0.1, 0.15) is 44.6 Å². The Bertz CT molecular complexity index is 1080. The van der Waals surface area contributed by atoms with Crippen LogP contribution in [0.5, 0.6) is 11.5 Å². The Hall–Kier alpha value is -2.07. The first-order valence-corrected chi connectivity index (χ1v) is 12.6. The van der Waals surface area contributed by atoms with Crippen molar-refractivity contribution in [3.05, 3.63) is 56.3 Å². The zero-order chi connectivity index (χ0) is 22.7. The molecule has 2 fully saturated rings. The van der Waals surface area contributed by atoms with Gasteiger partial charge >= 0.3 is 0 Å². The summed E-state index contributed by atoms with van der Waals surface area (Å²) in [4.78, 5) is 20.2. The SMILES string of the molecule is CCOc1cc(/C=C2\SC(=Nc3ccccc3F)N(C3CCCCC3)C2=O)cc(I)c1O. The van der Waals surface area contributed by atoms with Gasteiger partial charge in [-0.15, -0.1) is 0 Å². The van der Waals surface area contributed by atoms with Gasteiger partial charge < -0.3 is 9.84 Å². The number of nitrogens with zero attached hydrogens (tertiary/aromatic N) is 2. The minimum atomic E-state index is -0.413. The number of ether oxygens (including phenoxy) is 1. The Morgan fingerprint density at radius 3 is 2.75 bits per heavy atom. The molecule has 0 bridgehead atoms. The van der Waals surface area contributed by atoms with Crippen LogP contribution in [0.2, 0.25) is 0 Å². The number of amidine groups is 1. The molecule has 1 aliphatic carbocycles. The molecular weight excluding hydrogens is 542 g/mol. The number of phenolic OH excluding ortho intramolecular Hbond substituents is 1. The van der Waals surface area contributed by atoms with Crippen LogP contribution in [0.4, 0.5) is 10.1 Å². The molecule has 0 radical (unpaired) electrons. The average Bonchev–Trinajstić information content (AvgIpc) is 3.08. The zero-order valence-corrected chi connectivity index (χ0v) is 20.7. The molecule has 1 aliphatic heterocycles. The topological polar surface area (TPSA) is 62.1 Å². The molecule has 2 aromatic rings. The molecule has 168 valence electrons. The van der Waals surface area contributed by atoms with Crippen LogP contribution in [0.25, 0.3) is 6.08 Å². The molecule has 8 heteroatoms. The number of hydrogen-bond acceptors (Lipinski definition) is 5. The van der Waals surface area contributed by atoms with E-state index in [0.29, 0.717) is 26.0 Å². The lowest BCUT2D eigenvalue weighted by atomic mass is 9.94. The highest BCUT2D eigenvalue weighted by Crippen LogP contribution is 2.40. The summed E-state index contributed by atoms with van der Waals surface area (Å²) in [5.41, 5.74) is 0.977. The van der Waals surface area contributed by atoms with Gasteiger partial charge in [-0.1, -0.05) is 31.4 Å². The first-order valence-electron chi connectivity index (χ1n) is 10.7. The predicted molar refractivity (Wildman–Crippen MR) is 135 cm³/mol. The number of carbonyl (C=O) groups is 1. The molecule has 0 unspecified atom stereocenters. The minimum Gasteiger partial charge on any atom is -0.504 e. The summed E-state index contributed by atoms with van der Waals surface area (Å²) in [6, 6.07) is 9.94. The van der Waals surface area contributed by atoms with Crippen molar-refractivity contribution < 1.29 is 19.0 Å². The van der Waals surface area contributed by atoms with Crippen LogP contribution in [0.15, 0.2) is 46.3 Å². The second-order valence-electron chi connectivity index (χ2n) is 7.71. The van der Waals surface area contributed by atoms with Crippen LogP contribution in [-0.4, -0.2) is 33.7 Å². The maximum absolute atomic E-state index is 14.3. The van der Waals surface area contributed by atoms with Gasteiger partial charge in [-0.3, -0.25) is 9.69 Å². The maximum atomic E-state index is 14.3. The largest absolute Gasteiger partial charge is 0.504 e. The molecule has 1 amide bonds. The van der Waals surface area contributed by atoms with E-state index in [1.54, 1.807) is 41.3 Å². The Labute approximate surface area is 204 Å². The number of rotatable bonds is 5. The number of amides is 1. The summed E-state index contributed by atoms with van der Waals surface area (Å²) in [6.45, 7) is 2.27. The molecule has 5 nitrogen and oxygen atoms in total. The number of phenols is 1. The lowest BCUT2D eigenvalue weighted by Crippen LogP contribution is -2.40. The Balaban J connectivity index is 1.73. The van der Waals surface area contributed by atoms with Crippen LogP contribution in [-0.2, 0) is 4.79 Å². The molecule has 32 heavy (non-hydrogen) atoms. The van der Waals surface area contributed by atoms with Gasteiger partial charge in [-0.25, -0.2) is 9.38 Å². The second-order valence-corrected chi connectivity index (χ2v) is 9.88. The quantitative estimate of drug-likeness (QED) is 0.333. The van der Waals surface area contributed by atoms with E-state index in [4.69, 9.17) is 4.74 Å². The Kier molecular flexibility index (Phi) is 7.40. The second kappa shape index (κ2) is 10.2. The molecule has 1 heterocycles. The fourth-order valence-corrected chi connectivity index (χ4v) is 5.64. The van der Waals surface area contributed by atoms with Gasteiger partial charge in [0.25, 0.3) is 5.91 Å². The molecule has 2 aromatic carbocycles. The number of halogens is 2. The number of thioether (sulfide) groups is 1. The molecule has 0 atom stereocenters. The third-order valence-corrected chi connectivity index (χ3v) is 7.30. The van der Waals surface area contributed by atoms with E-state index in [2.05, 4.69) is 4.99 Å². The zero-order valence-electron chi connectivity index (χ0n) is 17.7. The smallest absolute Gasteiger partial charge is 0.267 e. The van der Waals surface area contributed by atoms with Crippen molar-refractivity contribution in [1.82, 2.24) is 4.90 Å². The number of hydrogen-bond donors (Lipinski definition) is 1. The summed E-state index contributed by atoms with van der Waals surface area (Å²) >= 11 is 3.31. The first kappa shape index (κ1) is 23.1. The van der Waals surface area contributed by atoms with Crippen molar-refractivity contribution in [3.8, 4) is 11.5 Å². The lowest BCUT2D eigenvalue weighted by molar-refractivity contribution is -0.124. The average molecular weight is 566 g/mol. The molecule has 1 saturated carbocycles. The van der Waals surface area contributed by atoms with Crippen LogP contribution in [0, 0.1) is 9.39 Å². The van der Waals surface area contributed by atoms with Gasteiger partial charge in [0.2, 0.25) is 0 Å². The number of carbonyl (C=O) groups excluding carboxylic acids is 1. The van der Waals surface area contributed by atoms with E-state index >= 15 is 0 Å². The summed E-state index contributed by atoms with van der Waals surface area (Å²) in [5.74, 6) is -0.0572. The summed E-state index contributed by atoms with van der Waals surface area (Å²) in [5, 5.41) is 10.7. The first-order chi connectivity index (χ1) is 15.5. The standard InChI is InChI=1S/C24H24FIN2O3S/c1-2-31-20-13-15(12-18(26)22(20)29)14-21-23(30)28(16-8-4-3-5-9-16)24(32-21)27-19-11-7-6-10-17(19)25/h6-7,10-14,16,29H,2-5,8-9H2,1H3/b21-14-,27-24?. The van der Waals surface area contributed by atoms with Gasteiger partial charge in [0.15, 0.2) is 16.7 Å². The fourth-order valence-electron chi connectivity index (χ4n) is 3.97. The highest BCUT2D eigenvalue weighted by molar-refractivity contribution is 14.1. The van der Waals surface area contributed by atoms with Crippen molar-refractivity contribution in [2.24, 2.45) is 4.99 Å².